The summed E-state index contributed by atoms with van der Waals surface area (Å²) >= 11 is 6.45. The van der Waals surface area contributed by atoms with Gasteiger partial charge in [0.25, 0.3) is 5.91 Å². The number of carbonyl (C=O) groups excluding carboxylic acids is 2. The Balaban J connectivity index is 1.45. The van der Waals surface area contributed by atoms with Crippen LogP contribution in [0.3, 0.4) is 0 Å². The molecule has 6 atom stereocenters. The molecule has 0 aromatic heterocycles. The lowest BCUT2D eigenvalue weighted by molar-refractivity contribution is -0.148. The number of carboxylic acids is 1. The summed E-state index contributed by atoms with van der Waals surface area (Å²) in [6, 6.07) is 11.1. The lowest BCUT2D eigenvalue weighted by Gasteiger charge is -2.50. The quantitative estimate of drug-likeness (QED) is 0.330. The van der Waals surface area contributed by atoms with Crippen molar-refractivity contribution in [2.45, 2.75) is 94.4 Å². The van der Waals surface area contributed by atoms with Gasteiger partial charge in [-0.25, -0.2) is 17.9 Å². The highest BCUT2D eigenvalue weighted by atomic mass is 35.5. The molecule has 3 N–H and O–H groups in total. The van der Waals surface area contributed by atoms with Gasteiger partial charge in [0.15, 0.2) is 0 Å². The topological polar surface area (TPSA) is 151 Å². The molecule has 4 aliphatic rings. The van der Waals surface area contributed by atoms with E-state index in [4.69, 9.17) is 21.1 Å². The lowest BCUT2D eigenvalue weighted by Crippen LogP contribution is -2.56. The van der Waals surface area contributed by atoms with Crippen LogP contribution in [0.25, 0.3) is 0 Å². The van der Waals surface area contributed by atoms with Crippen molar-refractivity contribution in [1.82, 2.24) is 10.0 Å². The molecule has 0 unspecified atom stereocenters. The number of aryl methyl sites for hydroxylation is 1. The van der Waals surface area contributed by atoms with Gasteiger partial charge in [0.1, 0.15) is 11.3 Å². The van der Waals surface area contributed by atoms with Crippen molar-refractivity contribution in [2.75, 3.05) is 31.7 Å². The molecule has 1 saturated carbocycles. The molecule has 1 fully saturated rings. The monoisotopic (exact) mass is 755 g/mol. The standard InChI is InChI=1S/C39H50ClN3O8S/c1-24-8-6-17-39(50-5,20-34(44)41-37(3,4)36(46)47)31-13-10-28(31)21-43-22-38(16-7-9-26-18-29(40)12-14-30(26)38)23-51-33-15-11-27(19-32(33)43)35(45)42-52(48,49)25(24)2/h6,11-12,14-15,17-19,24-25,28,31H,7-10,13,16,20-23H2,1-5H3,(H,41,44)(H,42,45)(H,46,47)/b17-6-/t24-,25+,28-,31+,38-,39+/m0/s1. The molecule has 282 valence electrons. The summed E-state index contributed by atoms with van der Waals surface area (Å²) in [6.45, 7) is 7.81. The number of benzene rings is 2. The van der Waals surface area contributed by atoms with Crippen molar-refractivity contribution in [1.29, 1.82) is 0 Å². The molecule has 2 bridgehead atoms. The van der Waals surface area contributed by atoms with Gasteiger partial charge in [-0.1, -0.05) is 36.7 Å². The van der Waals surface area contributed by atoms with Crippen LogP contribution in [-0.2, 0) is 36.2 Å². The molecular formula is C39H50ClN3O8S. The molecular weight excluding hydrogens is 706 g/mol. The molecule has 0 radical (unpaired) electrons. The summed E-state index contributed by atoms with van der Waals surface area (Å²) in [4.78, 5) is 41.3. The number of sulfonamides is 1. The first-order chi connectivity index (χ1) is 24.5. The summed E-state index contributed by atoms with van der Waals surface area (Å²) < 4.78 is 42.2. The van der Waals surface area contributed by atoms with E-state index < -0.39 is 44.2 Å². The fraction of sp³-hybridized carbons (Fsp3) is 0.564. The largest absolute Gasteiger partial charge is 0.490 e. The van der Waals surface area contributed by atoms with Crippen molar-refractivity contribution < 1.29 is 37.4 Å². The van der Waals surface area contributed by atoms with Crippen molar-refractivity contribution in [2.24, 2.45) is 17.8 Å². The number of fused-ring (bicyclic) bond motifs is 4. The number of nitrogens with zero attached hydrogens (tertiary/aromatic N) is 1. The van der Waals surface area contributed by atoms with Gasteiger partial charge in [0.05, 0.1) is 29.6 Å². The van der Waals surface area contributed by atoms with Gasteiger partial charge in [-0.05, 0) is 119 Å². The maximum atomic E-state index is 13.6. The Labute approximate surface area is 311 Å². The highest BCUT2D eigenvalue weighted by Gasteiger charge is 2.50. The van der Waals surface area contributed by atoms with Crippen LogP contribution in [0.15, 0.2) is 48.6 Å². The third-order valence-corrected chi connectivity index (χ3v) is 14.2. The minimum absolute atomic E-state index is 0.0586. The molecule has 6 rings (SSSR count). The molecule has 2 amide bonds. The second-order valence-electron chi connectivity index (χ2n) is 15.8. The Morgan fingerprint density at radius 2 is 1.94 bits per heavy atom. The average molecular weight is 756 g/mol. The van der Waals surface area contributed by atoms with Crippen LogP contribution >= 0.6 is 11.6 Å². The van der Waals surface area contributed by atoms with E-state index in [1.807, 2.05) is 24.3 Å². The van der Waals surface area contributed by atoms with Gasteiger partial charge in [0.2, 0.25) is 15.9 Å². The van der Waals surface area contributed by atoms with E-state index in [9.17, 15) is 27.9 Å². The van der Waals surface area contributed by atoms with Gasteiger partial charge in [0, 0.05) is 36.2 Å². The third-order valence-electron chi connectivity index (χ3n) is 12.0. The molecule has 52 heavy (non-hydrogen) atoms. The number of amides is 2. The van der Waals surface area contributed by atoms with Gasteiger partial charge < -0.3 is 24.8 Å². The van der Waals surface area contributed by atoms with Crippen molar-refractivity contribution in [3.05, 3.63) is 70.3 Å². The Morgan fingerprint density at radius 1 is 1.17 bits per heavy atom. The molecule has 1 spiro atoms. The van der Waals surface area contributed by atoms with Crippen LogP contribution < -0.4 is 19.7 Å². The number of carbonyl (C=O) groups is 3. The summed E-state index contributed by atoms with van der Waals surface area (Å²) in [6.07, 6.45) is 8.34. The number of anilines is 1. The van der Waals surface area contributed by atoms with Crippen LogP contribution in [0.2, 0.25) is 5.02 Å². The molecule has 2 aromatic carbocycles. The van der Waals surface area contributed by atoms with E-state index >= 15 is 0 Å². The van der Waals surface area contributed by atoms with Crippen LogP contribution in [0.5, 0.6) is 5.75 Å². The Morgan fingerprint density at radius 3 is 2.63 bits per heavy atom. The minimum atomic E-state index is -4.07. The molecule has 2 aliphatic heterocycles. The molecule has 2 aliphatic carbocycles. The smallest absolute Gasteiger partial charge is 0.328 e. The van der Waals surface area contributed by atoms with Crippen LogP contribution in [0.1, 0.15) is 87.7 Å². The highest BCUT2D eigenvalue weighted by molar-refractivity contribution is 7.90. The van der Waals surface area contributed by atoms with E-state index in [0.29, 0.717) is 42.6 Å². The summed E-state index contributed by atoms with van der Waals surface area (Å²) in [5.74, 6) is -2.16. The first-order valence-corrected chi connectivity index (χ1v) is 20.1. The van der Waals surface area contributed by atoms with E-state index in [1.165, 1.54) is 25.0 Å². The summed E-state index contributed by atoms with van der Waals surface area (Å²) in [5.41, 5.74) is 0.329. The van der Waals surface area contributed by atoms with Crippen LogP contribution in [0, 0.1) is 17.8 Å². The number of hydrogen-bond acceptors (Lipinski definition) is 8. The number of hydrogen-bond donors (Lipinski definition) is 3. The fourth-order valence-electron chi connectivity index (χ4n) is 8.53. The maximum Gasteiger partial charge on any atom is 0.328 e. The van der Waals surface area contributed by atoms with E-state index in [2.05, 4.69) is 21.0 Å². The molecule has 2 heterocycles. The van der Waals surface area contributed by atoms with E-state index in [-0.39, 0.29) is 35.2 Å². The van der Waals surface area contributed by atoms with Crippen molar-refractivity contribution >= 4 is 45.1 Å². The number of halogens is 1. The van der Waals surface area contributed by atoms with E-state index in [1.54, 1.807) is 39.2 Å². The number of ether oxygens (including phenoxy) is 2. The maximum absolute atomic E-state index is 13.6. The zero-order valence-corrected chi connectivity index (χ0v) is 32.1. The van der Waals surface area contributed by atoms with Gasteiger partial charge in [-0.15, -0.1) is 0 Å². The third kappa shape index (κ3) is 7.30. The Hall–Kier alpha value is -3.61. The number of rotatable bonds is 5. The zero-order valence-electron chi connectivity index (χ0n) is 30.5. The minimum Gasteiger partial charge on any atom is -0.490 e. The Kier molecular flexibility index (Phi) is 10.5. The number of allylic oxidation sites excluding steroid dienone is 1. The molecule has 11 nitrogen and oxygen atoms in total. The SMILES string of the molecule is CO[C@@]1(CC(=O)NC(C)(C)C(=O)O)/C=C\C[C@H](C)[C@@H](C)S(=O)(=O)NC(=O)c2ccc3c(c2)N(C[C@@H]2CC[C@H]21)C[C@@]1(CCCc2cc(Cl)ccc21)CO3. The number of nitrogens with one attached hydrogen (secondary N) is 2. The average Bonchev–Trinajstić information content (AvgIpc) is 3.21. The number of aliphatic carboxylic acids is 1. The normalized spacial score (nSPS) is 30.7. The van der Waals surface area contributed by atoms with Crippen molar-refractivity contribution in [3.63, 3.8) is 0 Å². The van der Waals surface area contributed by atoms with Crippen LogP contribution in [0.4, 0.5) is 5.69 Å². The number of carboxylic acid groups (broad SMARTS) is 1. The predicted octanol–water partition coefficient (Wildman–Crippen LogP) is 5.64. The van der Waals surface area contributed by atoms with Crippen molar-refractivity contribution in [3.8, 4) is 5.75 Å². The summed E-state index contributed by atoms with van der Waals surface area (Å²) in [5, 5.41) is 12.2. The molecule has 13 heteroatoms. The highest BCUT2D eigenvalue weighted by Crippen LogP contribution is 2.50. The second-order valence-corrected chi connectivity index (χ2v) is 18.3. The summed E-state index contributed by atoms with van der Waals surface area (Å²) in [7, 11) is -2.50. The lowest BCUT2D eigenvalue weighted by atomic mass is 9.62. The molecule has 0 saturated heterocycles. The van der Waals surface area contributed by atoms with Gasteiger partial charge >= 0.3 is 5.97 Å². The van der Waals surface area contributed by atoms with E-state index in [0.717, 1.165) is 32.1 Å². The first kappa shape index (κ1) is 38.1. The van der Waals surface area contributed by atoms with Gasteiger partial charge in [-0.2, -0.15) is 0 Å². The molecule has 2 aromatic rings. The predicted molar refractivity (Wildman–Crippen MR) is 199 cm³/mol. The van der Waals surface area contributed by atoms with Crippen LogP contribution in [-0.4, -0.2) is 74.5 Å². The van der Waals surface area contributed by atoms with Gasteiger partial charge in [-0.3, -0.25) is 9.59 Å². The Bertz CT molecular complexity index is 1880. The first-order valence-electron chi connectivity index (χ1n) is 18.1. The zero-order chi connectivity index (χ0) is 37.6. The fourth-order valence-corrected chi connectivity index (χ4v) is 10.0. The number of methoxy groups -OCH3 is 1. The second kappa shape index (κ2) is 14.3.